The average molecular weight is 535 g/mol. The maximum absolute atomic E-state index is 12.8. The molecule has 6 nitrogen and oxygen atoms in total. The summed E-state index contributed by atoms with van der Waals surface area (Å²) in [5.41, 5.74) is 2.84. The molecule has 0 bridgehead atoms. The number of thiazole rings is 1. The second kappa shape index (κ2) is 10.7. The summed E-state index contributed by atoms with van der Waals surface area (Å²) >= 11 is 13.7. The zero-order valence-corrected chi connectivity index (χ0v) is 21.3. The van der Waals surface area contributed by atoms with Gasteiger partial charge >= 0.3 is 0 Å². The lowest BCUT2D eigenvalue weighted by Crippen LogP contribution is -2.29. The standard InChI is InChI=1S/C27H20Cl2N4O2S/c28-19-6-8-21(22(29)13-19)24-9-7-20(35-24)12-18(14-30)26(34)32-27-31-23-10-11-33(16-25(23)36-27)15-17-4-2-1-3-5-17/h1-9,12-13H,10-11,15-16H2,(H,31,32,34)/b18-12+. The van der Waals surface area contributed by atoms with E-state index in [-0.39, 0.29) is 5.57 Å². The van der Waals surface area contributed by atoms with Crippen molar-refractivity contribution in [1.82, 2.24) is 9.88 Å². The molecule has 1 aliphatic heterocycles. The molecule has 1 N–H and O–H groups in total. The number of nitrogens with zero attached hydrogens (tertiary/aromatic N) is 3. The smallest absolute Gasteiger partial charge is 0.268 e. The molecule has 5 rings (SSSR count). The minimum absolute atomic E-state index is 0.0861. The number of nitrogens with one attached hydrogen (secondary N) is 1. The van der Waals surface area contributed by atoms with Crippen LogP contribution in [0.4, 0.5) is 5.13 Å². The highest BCUT2D eigenvalue weighted by molar-refractivity contribution is 7.15. The van der Waals surface area contributed by atoms with E-state index in [2.05, 4.69) is 27.3 Å². The van der Waals surface area contributed by atoms with E-state index in [0.717, 1.165) is 36.6 Å². The molecule has 180 valence electrons. The van der Waals surface area contributed by atoms with Crippen LogP contribution in [0, 0.1) is 11.3 Å². The molecule has 1 aliphatic rings. The third kappa shape index (κ3) is 5.53. The summed E-state index contributed by atoms with van der Waals surface area (Å²) in [4.78, 5) is 20.9. The first-order valence-corrected chi connectivity index (χ1v) is 12.8. The highest BCUT2D eigenvalue weighted by Gasteiger charge is 2.22. The van der Waals surface area contributed by atoms with Gasteiger partial charge in [-0.2, -0.15) is 5.26 Å². The van der Waals surface area contributed by atoms with Crippen molar-refractivity contribution in [1.29, 1.82) is 5.26 Å². The molecule has 0 saturated heterocycles. The van der Waals surface area contributed by atoms with Crippen LogP contribution in [0.2, 0.25) is 10.0 Å². The lowest BCUT2D eigenvalue weighted by Gasteiger charge is -2.25. The molecule has 3 heterocycles. The number of rotatable bonds is 6. The van der Waals surface area contributed by atoms with Crippen LogP contribution in [0.3, 0.4) is 0 Å². The van der Waals surface area contributed by atoms with Gasteiger partial charge < -0.3 is 4.42 Å². The molecule has 2 aromatic heterocycles. The zero-order chi connectivity index (χ0) is 25.1. The third-order valence-corrected chi connectivity index (χ3v) is 7.30. The molecule has 0 unspecified atom stereocenters. The minimum Gasteiger partial charge on any atom is -0.457 e. The van der Waals surface area contributed by atoms with Crippen molar-refractivity contribution in [2.45, 2.75) is 19.5 Å². The molecule has 0 saturated carbocycles. The predicted molar refractivity (Wildman–Crippen MR) is 143 cm³/mol. The van der Waals surface area contributed by atoms with Gasteiger partial charge in [0.15, 0.2) is 5.13 Å². The van der Waals surface area contributed by atoms with Gasteiger partial charge in [0.05, 0.1) is 10.7 Å². The molecule has 0 radical (unpaired) electrons. The summed E-state index contributed by atoms with van der Waals surface area (Å²) in [7, 11) is 0. The summed E-state index contributed by atoms with van der Waals surface area (Å²) in [5.74, 6) is 0.332. The molecule has 2 aromatic carbocycles. The summed E-state index contributed by atoms with van der Waals surface area (Å²) < 4.78 is 5.80. The Balaban J connectivity index is 1.26. The molecule has 0 fully saturated rings. The Labute approximate surface area is 222 Å². The number of nitriles is 1. The number of hydrogen-bond donors (Lipinski definition) is 1. The van der Waals surface area contributed by atoms with Gasteiger partial charge in [-0.3, -0.25) is 15.0 Å². The van der Waals surface area contributed by atoms with Crippen LogP contribution in [0.15, 0.2) is 70.7 Å². The van der Waals surface area contributed by atoms with Crippen LogP contribution in [0.5, 0.6) is 0 Å². The second-order valence-electron chi connectivity index (χ2n) is 8.29. The number of halogens is 2. The predicted octanol–water partition coefficient (Wildman–Crippen LogP) is 6.81. The topological polar surface area (TPSA) is 82.2 Å². The van der Waals surface area contributed by atoms with E-state index in [1.54, 1.807) is 30.3 Å². The number of furan rings is 1. The number of carbonyl (C=O) groups is 1. The third-order valence-electron chi connectivity index (χ3n) is 5.75. The highest BCUT2D eigenvalue weighted by atomic mass is 35.5. The van der Waals surface area contributed by atoms with Crippen molar-refractivity contribution >= 4 is 51.7 Å². The van der Waals surface area contributed by atoms with Crippen LogP contribution in [0.25, 0.3) is 17.4 Å². The normalized spacial score (nSPS) is 13.8. The van der Waals surface area contributed by atoms with Gasteiger partial charge in [-0.25, -0.2) is 4.98 Å². The largest absolute Gasteiger partial charge is 0.457 e. The van der Waals surface area contributed by atoms with Gasteiger partial charge in [-0.1, -0.05) is 53.5 Å². The van der Waals surface area contributed by atoms with Crippen molar-refractivity contribution < 1.29 is 9.21 Å². The maximum Gasteiger partial charge on any atom is 0.268 e. The van der Waals surface area contributed by atoms with Crippen molar-refractivity contribution in [3.05, 3.63) is 98.2 Å². The number of fused-ring (bicyclic) bond motifs is 1. The quantitative estimate of drug-likeness (QED) is 0.217. The Morgan fingerprint density at radius 2 is 2.03 bits per heavy atom. The van der Waals surface area contributed by atoms with E-state index in [1.807, 2.05) is 24.3 Å². The van der Waals surface area contributed by atoms with Gasteiger partial charge in [0.25, 0.3) is 5.91 Å². The minimum atomic E-state index is -0.535. The van der Waals surface area contributed by atoms with E-state index in [9.17, 15) is 10.1 Å². The van der Waals surface area contributed by atoms with E-state index in [4.69, 9.17) is 27.6 Å². The van der Waals surface area contributed by atoms with Crippen molar-refractivity contribution in [2.75, 3.05) is 11.9 Å². The molecule has 0 aliphatic carbocycles. The fourth-order valence-electron chi connectivity index (χ4n) is 4.00. The molecule has 36 heavy (non-hydrogen) atoms. The molecule has 1 amide bonds. The molecule has 9 heteroatoms. The van der Waals surface area contributed by atoms with Gasteiger partial charge in [0.2, 0.25) is 0 Å². The molecule has 0 atom stereocenters. The molecular formula is C27H20Cl2N4O2S. The lowest BCUT2D eigenvalue weighted by molar-refractivity contribution is -0.112. The summed E-state index contributed by atoms with van der Waals surface area (Å²) in [6.07, 6.45) is 2.22. The first kappa shape index (κ1) is 24.3. The molecule has 0 spiro atoms. The SMILES string of the molecule is N#C/C(=C\c1ccc(-c2ccc(Cl)cc2Cl)o1)C(=O)Nc1nc2c(s1)CN(Cc1ccccc1)CC2. The van der Waals surface area contributed by atoms with Gasteiger partial charge in [-0.05, 0) is 35.9 Å². The van der Waals surface area contributed by atoms with E-state index < -0.39 is 5.91 Å². The molecule has 4 aromatic rings. The fourth-order valence-corrected chi connectivity index (χ4v) is 5.55. The monoisotopic (exact) mass is 534 g/mol. The van der Waals surface area contributed by atoms with E-state index in [0.29, 0.717) is 32.3 Å². The Hall–Kier alpha value is -3.41. The Bertz CT molecular complexity index is 1490. The average Bonchev–Trinajstić information content (AvgIpc) is 3.49. The van der Waals surface area contributed by atoms with Gasteiger partial charge in [-0.15, -0.1) is 11.3 Å². The second-order valence-corrected chi connectivity index (χ2v) is 10.2. The molecular weight excluding hydrogens is 515 g/mol. The first-order chi connectivity index (χ1) is 17.5. The van der Waals surface area contributed by atoms with E-state index >= 15 is 0 Å². The van der Waals surface area contributed by atoms with Crippen LogP contribution in [0.1, 0.15) is 21.9 Å². The number of amides is 1. The summed E-state index contributed by atoms with van der Waals surface area (Å²) in [6.45, 7) is 2.55. The van der Waals surface area contributed by atoms with Crippen molar-refractivity contribution in [2.24, 2.45) is 0 Å². The first-order valence-electron chi connectivity index (χ1n) is 11.2. The van der Waals surface area contributed by atoms with Crippen LogP contribution in [-0.4, -0.2) is 22.3 Å². The fraction of sp³-hybridized carbons (Fsp3) is 0.148. The number of anilines is 1. The number of carbonyl (C=O) groups excluding carboxylic acids is 1. The number of hydrogen-bond acceptors (Lipinski definition) is 6. The summed E-state index contributed by atoms with van der Waals surface area (Å²) in [5, 5.41) is 13.8. The van der Waals surface area contributed by atoms with Gasteiger partial charge in [0, 0.05) is 47.6 Å². The van der Waals surface area contributed by atoms with Crippen LogP contribution < -0.4 is 5.32 Å². The lowest BCUT2D eigenvalue weighted by atomic mass is 10.1. The maximum atomic E-state index is 12.8. The number of benzene rings is 2. The van der Waals surface area contributed by atoms with Gasteiger partial charge in [0.1, 0.15) is 23.2 Å². The Kier molecular flexibility index (Phi) is 7.21. The Morgan fingerprint density at radius 1 is 1.19 bits per heavy atom. The highest BCUT2D eigenvalue weighted by Crippen LogP contribution is 2.32. The number of aromatic nitrogens is 1. The zero-order valence-electron chi connectivity index (χ0n) is 19.0. The van der Waals surface area contributed by atoms with Crippen molar-refractivity contribution in [3.8, 4) is 17.4 Å². The summed E-state index contributed by atoms with van der Waals surface area (Å²) in [6, 6.07) is 20.8. The van der Waals surface area contributed by atoms with Crippen molar-refractivity contribution in [3.63, 3.8) is 0 Å². The Morgan fingerprint density at radius 3 is 2.81 bits per heavy atom. The van der Waals surface area contributed by atoms with Crippen LogP contribution >= 0.6 is 34.5 Å². The van der Waals surface area contributed by atoms with Crippen LogP contribution in [-0.2, 0) is 24.3 Å². The van der Waals surface area contributed by atoms with E-state index in [1.165, 1.54) is 23.0 Å².